The smallest absolute Gasteiger partial charge is 0.407 e. The largest absolute Gasteiger partial charge is 0.450 e. The third-order valence-electron chi connectivity index (χ3n) is 2.89. The van der Waals surface area contributed by atoms with Crippen molar-refractivity contribution >= 4 is 23.5 Å². The molecule has 4 nitrogen and oxygen atoms in total. The molecule has 5 heteroatoms. The molecule has 0 radical (unpaired) electrons. The predicted molar refractivity (Wildman–Crippen MR) is 61.6 cm³/mol. The third-order valence-corrected chi connectivity index (χ3v) is 3.15. The van der Waals surface area contributed by atoms with Crippen LogP contribution in [0.4, 0.5) is 4.79 Å². The van der Waals surface area contributed by atoms with Crippen LogP contribution in [0.15, 0.2) is 0 Å². The Bertz CT molecular complexity index is 258. The van der Waals surface area contributed by atoms with Gasteiger partial charge in [0.2, 0.25) is 0 Å². The summed E-state index contributed by atoms with van der Waals surface area (Å²) in [6.07, 6.45) is 3.24. The lowest BCUT2D eigenvalue weighted by molar-refractivity contribution is -0.122. The van der Waals surface area contributed by atoms with Crippen LogP contribution in [-0.2, 0) is 9.53 Å². The van der Waals surface area contributed by atoms with E-state index in [4.69, 9.17) is 16.3 Å². The summed E-state index contributed by atoms with van der Waals surface area (Å²) < 4.78 is 4.81. The maximum absolute atomic E-state index is 11.6. The molecule has 0 heterocycles. The van der Waals surface area contributed by atoms with Crippen molar-refractivity contribution in [3.05, 3.63) is 0 Å². The highest BCUT2D eigenvalue weighted by atomic mass is 35.5. The number of alkyl halides is 1. The van der Waals surface area contributed by atoms with Gasteiger partial charge in [-0.3, -0.25) is 4.79 Å². The zero-order valence-corrected chi connectivity index (χ0v) is 10.3. The number of ketones is 1. The van der Waals surface area contributed by atoms with E-state index in [0.717, 1.165) is 25.7 Å². The van der Waals surface area contributed by atoms with Crippen LogP contribution >= 0.6 is 11.6 Å². The van der Waals surface area contributed by atoms with Crippen molar-refractivity contribution in [2.75, 3.05) is 12.5 Å². The van der Waals surface area contributed by atoms with Gasteiger partial charge in [-0.1, -0.05) is 12.8 Å². The lowest BCUT2D eigenvalue weighted by atomic mass is 9.82. The average Bonchev–Trinajstić information content (AvgIpc) is 2.29. The molecule has 2 atom stereocenters. The normalized spacial score (nSPS) is 24.9. The SMILES string of the molecule is CCOC(=O)NC1CCCCC1C(=O)CCl. The summed E-state index contributed by atoms with van der Waals surface area (Å²) in [4.78, 5) is 22.9. The van der Waals surface area contributed by atoms with Gasteiger partial charge < -0.3 is 10.1 Å². The van der Waals surface area contributed by atoms with Gasteiger partial charge in [-0.2, -0.15) is 0 Å². The summed E-state index contributed by atoms with van der Waals surface area (Å²) in [5.74, 6) is -0.107. The number of hydrogen-bond acceptors (Lipinski definition) is 3. The van der Waals surface area contributed by atoms with Crippen LogP contribution < -0.4 is 5.32 Å². The second-order valence-electron chi connectivity index (χ2n) is 3.96. The molecule has 2 unspecified atom stereocenters. The first-order valence-corrected chi connectivity index (χ1v) is 6.24. The van der Waals surface area contributed by atoms with Gasteiger partial charge in [-0.25, -0.2) is 4.79 Å². The number of alkyl carbamates (subject to hydrolysis) is 1. The Kier molecular flexibility index (Phi) is 5.60. The van der Waals surface area contributed by atoms with E-state index in [1.807, 2.05) is 0 Å². The lowest BCUT2D eigenvalue weighted by Gasteiger charge is -2.30. The van der Waals surface area contributed by atoms with Crippen molar-refractivity contribution in [1.82, 2.24) is 5.32 Å². The molecule has 0 saturated heterocycles. The van der Waals surface area contributed by atoms with Gasteiger partial charge in [0.1, 0.15) is 0 Å². The van der Waals surface area contributed by atoms with E-state index in [-0.39, 0.29) is 23.6 Å². The molecule has 0 aromatic rings. The summed E-state index contributed by atoms with van der Waals surface area (Å²) in [5.41, 5.74) is 0. The van der Waals surface area contributed by atoms with Crippen LogP contribution in [0.1, 0.15) is 32.6 Å². The van der Waals surface area contributed by atoms with Crippen molar-refractivity contribution in [3.8, 4) is 0 Å². The van der Waals surface area contributed by atoms with E-state index in [1.165, 1.54) is 0 Å². The maximum Gasteiger partial charge on any atom is 0.407 e. The fourth-order valence-corrected chi connectivity index (χ4v) is 2.31. The molecular formula is C11H18ClNO3. The molecule has 0 bridgehead atoms. The molecule has 92 valence electrons. The topological polar surface area (TPSA) is 55.4 Å². The van der Waals surface area contributed by atoms with Crippen molar-refractivity contribution in [2.24, 2.45) is 5.92 Å². The van der Waals surface area contributed by atoms with E-state index in [2.05, 4.69) is 5.32 Å². The standard InChI is InChI=1S/C11H18ClNO3/c1-2-16-11(15)13-9-6-4-3-5-8(9)10(14)7-12/h8-9H,2-7H2,1H3,(H,13,15). The number of nitrogens with one attached hydrogen (secondary N) is 1. The fraction of sp³-hybridized carbons (Fsp3) is 0.818. The predicted octanol–water partition coefficient (Wildman–Crippen LogP) is 2.10. The van der Waals surface area contributed by atoms with Crippen LogP contribution in [-0.4, -0.2) is 30.4 Å². The van der Waals surface area contributed by atoms with Crippen molar-refractivity contribution in [2.45, 2.75) is 38.6 Å². The molecule has 1 fully saturated rings. The summed E-state index contributed by atoms with van der Waals surface area (Å²) in [6.45, 7) is 2.09. The van der Waals surface area contributed by atoms with Crippen LogP contribution in [0, 0.1) is 5.92 Å². The van der Waals surface area contributed by atoms with Gasteiger partial charge >= 0.3 is 6.09 Å². The Balaban J connectivity index is 2.53. The number of amides is 1. The van der Waals surface area contributed by atoms with Crippen LogP contribution in [0.5, 0.6) is 0 Å². The Labute approximate surface area is 101 Å². The molecule has 1 saturated carbocycles. The number of carbonyl (C=O) groups is 2. The number of hydrogen-bond donors (Lipinski definition) is 1. The van der Waals surface area contributed by atoms with Crippen molar-refractivity contribution < 1.29 is 14.3 Å². The van der Waals surface area contributed by atoms with Crippen LogP contribution in [0.3, 0.4) is 0 Å². The van der Waals surface area contributed by atoms with E-state index in [9.17, 15) is 9.59 Å². The first-order valence-electron chi connectivity index (χ1n) is 5.71. The highest BCUT2D eigenvalue weighted by Crippen LogP contribution is 2.25. The molecule has 1 rings (SSSR count). The number of rotatable bonds is 4. The quantitative estimate of drug-likeness (QED) is 0.774. The number of ether oxygens (including phenoxy) is 1. The summed E-state index contributed by atoms with van der Waals surface area (Å²) >= 11 is 5.55. The van der Waals surface area contributed by atoms with Gasteiger partial charge in [0.25, 0.3) is 0 Å². The molecule has 0 spiro atoms. The first-order chi connectivity index (χ1) is 7.69. The molecule has 1 N–H and O–H groups in total. The second-order valence-corrected chi connectivity index (χ2v) is 4.23. The average molecular weight is 248 g/mol. The minimum Gasteiger partial charge on any atom is -0.450 e. The molecule has 0 aliphatic heterocycles. The minimum absolute atomic E-state index is 0.0168. The molecule has 1 amide bonds. The number of halogens is 1. The van der Waals surface area contributed by atoms with Crippen LogP contribution in [0.2, 0.25) is 0 Å². The highest BCUT2D eigenvalue weighted by Gasteiger charge is 2.31. The summed E-state index contributed by atoms with van der Waals surface area (Å²) in [6, 6.07) is -0.112. The van der Waals surface area contributed by atoms with Crippen LogP contribution in [0.25, 0.3) is 0 Å². The zero-order valence-electron chi connectivity index (χ0n) is 9.50. The molecule has 0 aromatic heterocycles. The monoisotopic (exact) mass is 247 g/mol. The Morgan fingerprint density at radius 2 is 2.06 bits per heavy atom. The summed E-state index contributed by atoms with van der Waals surface area (Å²) in [7, 11) is 0. The van der Waals surface area contributed by atoms with Crippen molar-refractivity contribution in [3.63, 3.8) is 0 Å². The van der Waals surface area contributed by atoms with Gasteiger partial charge in [-0.15, -0.1) is 11.6 Å². The molecule has 0 aromatic carbocycles. The van der Waals surface area contributed by atoms with Gasteiger partial charge in [0, 0.05) is 12.0 Å². The molecule has 16 heavy (non-hydrogen) atoms. The van der Waals surface area contributed by atoms with E-state index < -0.39 is 6.09 Å². The van der Waals surface area contributed by atoms with E-state index in [0.29, 0.717) is 6.61 Å². The summed E-state index contributed by atoms with van der Waals surface area (Å²) in [5, 5.41) is 2.74. The van der Waals surface area contributed by atoms with E-state index >= 15 is 0 Å². The Morgan fingerprint density at radius 1 is 1.38 bits per heavy atom. The minimum atomic E-state index is -0.443. The number of Topliss-reactive ketones (excluding diaryl/α,β-unsaturated/α-hetero) is 1. The Hall–Kier alpha value is -0.770. The van der Waals surface area contributed by atoms with Gasteiger partial charge in [-0.05, 0) is 19.8 Å². The molecule has 1 aliphatic rings. The molecule has 1 aliphatic carbocycles. The molecular weight excluding hydrogens is 230 g/mol. The maximum atomic E-state index is 11.6. The van der Waals surface area contributed by atoms with Gasteiger partial charge in [0.05, 0.1) is 12.5 Å². The second kappa shape index (κ2) is 6.74. The highest BCUT2D eigenvalue weighted by molar-refractivity contribution is 6.28. The Morgan fingerprint density at radius 3 is 2.69 bits per heavy atom. The van der Waals surface area contributed by atoms with Gasteiger partial charge in [0.15, 0.2) is 5.78 Å². The fourth-order valence-electron chi connectivity index (χ4n) is 2.11. The lowest BCUT2D eigenvalue weighted by Crippen LogP contribution is -2.45. The van der Waals surface area contributed by atoms with Crippen molar-refractivity contribution in [1.29, 1.82) is 0 Å². The number of carbonyl (C=O) groups excluding carboxylic acids is 2. The third kappa shape index (κ3) is 3.67. The first kappa shape index (κ1) is 13.3. The van der Waals surface area contributed by atoms with E-state index in [1.54, 1.807) is 6.92 Å². The zero-order chi connectivity index (χ0) is 12.0.